The molecule has 8 heteroatoms. The fraction of sp³-hybridized carbons (Fsp3) is 0.278. The number of nitrogens with zero attached hydrogens (tertiary/aromatic N) is 2. The van der Waals surface area contributed by atoms with E-state index < -0.39 is 17.1 Å². The van der Waals surface area contributed by atoms with Gasteiger partial charge in [-0.2, -0.15) is 0 Å². The zero-order valence-electron chi connectivity index (χ0n) is 14.3. The van der Waals surface area contributed by atoms with E-state index in [1.165, 1.54) is 36.2 Å². The molecule has 1 N–H and O–H groups in total. The van der Waals surface area contributed by atoms with Crippen molar-refractivity contribution in [3.8, 4) is 5.75 Å². The number of carbonyl (C=O) groups excluding carboxylic acids is 1. The number of ether oxygens (including phenoxy) is 2. The molecule has 0 aliphatic rings. The lowest BCUT2D eigenvalue weighted by atomic mass is 10.2. The van der Waals surface area contributed by atoms with Crippen molar-refractivity contribution in [2.45, 2.75) is 12.7 Å². The topological polar surface area (TPSA) is 102 Å². The van der Waals surface area contributed by atoms with E-state index >= 15 is 0 Å². The highest BCUT2D eigenvalue weighted by atomic mass is 16.6. The third kappa shape index (κ3) is 6.06. The Morgan fingerprint density at radius 3 is 2.46 bits per heavy atom. The van der Waals surface area contributed by atoms with E-state index in [9.17, 15) is 20.0 Å². The Labute approximate surface area is 150 Å². The molecule has 0 spiro atoms. The maximum atomic E-state index is 11.9. The number of aliphatic hydroxyl groups is 1. The first-order chi connectivity index (χ1) is 12.5. The van der Waals surface area contributed by atoms with Crippen LogP contribution in [0.15, 0.2) is 54.6 Å². The molecule has 8 nitrogen and oxygen atoms in total. The summed E-state index contributed by atoms with van der Waals surface area (Å²) in [4.78, 5) is 23.2. The number of hydrogen-bond donors (Lipinski definition) is 1. The molecule has 0 bridgehead atoms. The van der Waals surface area contributed by atoms with Crippen molar-refractivity contribution in [2.75, 3.05) is 20.2 Å². The number of benzene rings is 2. The summed E-state index contributed by atoms with van der Waals surface area (Å²) >= 11 is 0. The third-order valence-electron chi connectivity index (χ3n) is 3.49. The Kier molecular flexibility index (Phi) is 6.92. The van der Waals surface area contributed by atoms with Gasteiger partial charge in [0.25, 0.3) is 5.69 Å². The number of carbonyl (C=O) groups is 1. The highest BCUT2D eigenvalue weighted by Gasteiger charge is 2.16. The molecule has 1 atom stereocenters. The van der Waals surface area contributed by atoms with Gasteiger partial charge in [0.05, 0.1) is 11.5 Å². The molecule has 2 aromatic rings. The molecular weight excluding hydrogens is 340 g/mol. The summed E-state index contributed by atoms with van der Waals surface area (Å²) in [5, 5.41) is 20.6. The van der Waals surface area contributed by atoms with E-state index in [-0.39, 0.29) is 25.4 Å². The maximum absolute atomic E-state index is 11.9. The van der Waals surface area contributed by atoms with Crippen LogP contribution in [0.5, 0.6) is 5.75 Å². The second-order valence-corrected chi connectivity index (χ2v) is 5.64. The van der Waals surface area contributed by atoms with E-state index in [4.69, 9.17) is 9.47 Å². The molecule has 2 rings (SSSR count). The van der Waals surface area contributed by atoms with Crippen LogP contribution in [0.3, 0.4) is 0 Å². The average Bonchev–Trinajstić information content (AvgIpc) is 2.65. The van der Waals surface area contributed by atoms with Crippen LogP contribution in [0.4, 0.5) is 10.5 Å². The number of nitro benzene ring substituents is 1. The monoisotopic (exact) mass is 360 g/mol. The third-order valence-corrected chi connectivity index (χ3v) is 3.49. The molecule has 0 radical (unpaired) electrons. The summed E-state index contributed by atoms with van der Waals surface area (Å²) in [5.41, 5.74) is 0.829. The number of amides is 1. The molecule has 138 valence electrons. The van der Waals surface area contributed by atoms with E-state index in [1.807, 2.05) is 30.3 Å². The predicted octanol–water partition coefficient (Wildman–Crippen LogP) is 2.60. The molecule has 1 unspecified atom stereocenters. The van der Waals surface area contributed by atoms with Crippen LogP contribution in [-0.4, -0.2) is 47.3 Å². The van der Waals surface area contributed by atoms with Crippen molar-refractivity contribution in [3.05, 3.63) is 70.3 Å². The van der Waals surface area contributed by atoms with Gasteiger partial charge in [-0.3, -0.25) is 10.1 Å². The number of rotatable bonds is 8. The van der Waals surface area contributed by atoms with E-state index in [0.717, 1.165) is 5.56 Å². The van der Waals surface area contributed by atoms with Crippen LogP contribution in [0.1, 0.15) is 5.56 Å². The Morgan fingerprint density at radius 2 is 1.85 bits per heavy atom. The summed E-state index contributed by atoms with van der Waals surface area (Å²) in [7, 11) is 1.52. The highest BCUT2D eigenvalue weighted by Crippen LogP contribution is 2.17. The largest absolute Gasteiger partial charge is 0.491 e. The van der Waals surface area contributed by atoms with E-state index in [0.29, 0.717) is 5.75 Å². The first kappa shape index (κ1) is 19.2. The van der Waals surface area contributed by atoms with Gasteiger partial charge < -0.3 is 19.5 Å². The van der Waals surface area contributed by atoms with Gasteiger partial charge in [0.15, 0.2) is 0 Å². The second-order valence-electron chi connectivity index (χ2n) is 5.64. The quantitative estimate of drug-likeness (QED) is 0.573. The van der Waals surface area contributed by atoms with Crippen LogP contribution in [0, 0.1) is 10.1 Å². The lowest BCUT2D eigenvalue weighted by Gasteiger charge is -2.20. The van der Waals surface area contributed by atoms with E-state index in [1.54, 1.807) is 0 Å². The number of hydrogen-bond acceptors (Lipinski definition) is 6. The summed E-state index contributed by atoms with van der Waals surface area (Å²) in [5.74, 6) is 0.393. The SMILES string of the molecule is CN(CC(O)COc1ccc([N+](=O)[O-])cc1)C(=O)OCc1ccccc1. The molecule has 0 saturated carbocycles. The predicted molar refractivity (Wildman–Crippen MR) is 93.9 cm³/mol. The molecule has 1 amide bonds. The van der Waals surface area contributed by atoms with E-state index in [2.05, 4.69) is 0 Å². The van der Waals surface area contributed by atoms with Crippen LogP contribution < -0.4 is 4.74 Å². The molecule has 0 aliphatic heterocycles. The zero-order chi connectivity index (χ0) is 18.9. The normalized spacial score (nSPS) is 11.5. The van der Waals surface area contributed by atoms with Gasteiger partial charge in [-0.25, -0.2) is 4.79 Å². The molecule has 0 fully saturated rings. The Bertz CT molecular complexity index is 720. The van der Waals surface area contributed by atoms with Gasteiger partial charge in [-0.1, -0.05) is 30.3 Å². The smallest absolute Gasteiger partial charge is 0.409 e. The minimum Gasteiger partial charge on any atom is -0.491 e. The molecular formula is C18H20N2O6. The number of aliphatic hydroxyl groups excluding tert-OH is 1. The fourth-order valence-electron chi connectivity index (χ4n) is 2.13. The lowest BCUT2D eigenvalue weighted by Crippen LogP contribution is -2.37. The number of nitro groups is 1. The molecule has 0 aliphatic carbocycles. The second kappa shape index (κ2) is 9.38. The van der Waals surface area contributed by atoms with Crippen molar-refractivity contribution >= 4 is 11.8 Å². The summed E-state index contributed by atoms with van der Waals surface area (Å²) in [6.45, 7) is 0.119. The summed E-state index contributed by atoms with van der Waals surface area (Å²) < 4.78 is 10.5. The minimum absolute atomic E-state index is 0.0284. The fourth-order valence-corrected chi connectivity index (χ4v) is 2.13. The van der Waals surface area contributed by atoms with Crippen molar-refractivity contribution in [1.82, 2.24) is 4.90 Å². The molecule has 0 aromatic heterocycles. The number of non-ortho nitro benzene ring substituents is 1. The van der Waals surface area contributed by atoms with Gasteiger partial charge >= 0.3 is 6.09 Å². The van der Waals surface area contributed by atoms with Crippen molar-refractivity contribution in [1.29, 1.82) is 0 Å². The molecule has 0 saturated heterocycles. The summed E-state index contributed by atoms with van der Waals surface area (Å²) in [6.07, 6.45) is -1.48. The van der Waals surface area contributed by atoms with Gasteiger partial charge in [-0.05, 0) is 17.7 Å². The van der Waals surface area contributed by atoms with Crippen LogP contribution in [0.25, 0.3) is 0 Å². The molecule has 2 aromatic carbocycles. The van der Waals surface area contributed by atoms with Crippen molar-refractivity contribution in [2.24, 2.45) is 0 Å². The van der Waals surface area contributed by atoms with Gasteiger partial charge in [-0.15, -0.1) is 0 Å². The minimum atomic E-state index is -0.931. The van der Waals surface area contributed by atoms with Gasteiger partial charge in [0.1, 0.15) is 25.1 Å². The standard InChI is InChI=1S/C18H20N2O6/c1-19(18(22)26-12-14-5-3-2-4-6-14)11-16(21)13-25-17-9-7-15(8-10-17)20(23)24/h2-10,16,21H,11-13H2,1H3. The highest BCUT2D eigenvalue weighted by molar-refractivity contribution is 5.67. The van der Waals surface area contributed by atoms with Crippen LogP contribution in [-0.2, 0) is 11.3 Å². The van der Waals surface area contributed by atoms with Crippen molar-refractivity contribution in [3.63, 3.8) is 0 Å². The Balaban J connectivity index is 1.73. The Morgan fingerprint density at radius 1 is 1.19 bits per heavy atom. The van der Waals surface area contributed by atoms with Gasteiger partial charge in [0.2, 0.25) is 0 Å². The first-order valence-corrected chi connectivity index (χ1v) is 7.93. The average molecular weight is 360 g/mol. The van der Waals surface area contributed by atoms with Crippen LogP contribution >= 0.6 is 0 Å². The summed E-state index contributed by atoms with van der Waals surface area (Å²) in [6, 6.07) is 14.8. The number of likely N-dealkylation sites (N-methyl/N-ethyl adjacent to an activating group) is 1. The zero-order valence-corrected chi connectivity index (χ0v) is 14.3. The molecule has 0 heterocycles. The molecule has 26 heavy (non-hydrogen) atoms. The first-order valence-electron chi connectivity index (χ1n) is 7.93. The Hall–Kier alpha value is -3.13. The van der Waals surface area contributed by atoms with Crippen LogP contribution in [0.2, 0.25) is 0 Å². The maximum Gasteiger partial charge on any atom is 0.409 e. The van der Waals surface area contributed by atoms with Crippen molar-refractivity contribution < 1.29 is 24.3 Å². The lowest BCUT2D eigenvalue weighted by molar-refractivity contribution is -0.384. The van der Waals surface area contributed by atoms with Gasteiger partial charge in [0, 0.05) is 19.2 Å².